The van der Waals surface area contributed by atoms with Crippen LogP contribution in [0.3, 0.4) is 0 Å². The lowest BCUT2D eigenvalue weighted by Gasteiger charge is -2.18. The van der Waals surface area contributed by atoms with Gasteiger partial charge < -0.3 is 14.2 Å². The molecule has 6 heteroatoms. The Bertz CT molecular complexity index is 870. The zero-order valence-electron chi connectivity index (χ0n) is 39.0. The molecular formula is C51H98O6. The molecular weight excluding hydrogens is 709 g/mol. The lowest BCUT2D eigenvalue weighted by molar-refractivity contribution is -0.167. The molecule has 0 unspecified atom stereocenters. The van der Waals surface area contributed by atoms with Gasteiger partial charge in [0.25, 0.3) is 0 Å². The maximum absolute atomic E-state index is 12.7. The molecule has 6 nitrogen and oxygen atoms in total. The van der Waals surface area contributed by atoms with E-state index in [1.165, 1.54) is 167 Å². The Morgan fingerprint density at radius 2 is 0.579 bits per heavy atom. The molecule has 0 aromatic carbocycles. The van der Waals surface area contributed by atoms with Crippen LogP contribution in [0.1, 0.15) is 279 Å². The molecule has 0 aliphatic rings. The average Bonchev–Trinajstić information content (AvgIpc) is 3.18. The van der Waals surface area contributed by atoms with Crippen molar-refractivity contribution in [2.24, 2.45) is 11.8 Å². The van der Waals surface area contributed by atoms with E-state index in [9.17, 15) is 14.4 Å². The van der Waals surface area contributed by atoms with Gasteiger partial charge in [0.1, 0.15) is 13.2 Å². The number of rotatable bonds is 45. The molecule has 0 spiro atoms. The van der Waals surface area contributed by atoms with Crippen LogP contribution in [0.2, 0.25) is 0 Å². The summed E-state index contributed by atoms with van der Waals surface area (Å²) in [4.78, 5) is 37.9. The second kappa shape index (κ2) is 44.0. The Morgan fingerprint density at radius 1 is 0.333 bits per heavy atom. The number of hydrogen-bond acceptors (Lipinski definition) is 6. The predicted molar refractivity (Wildman–Crippen MR) is 243 cm³/mol. The smallest absolute Gasteiger partial charge is 0.306 e. The molecule has 0 amide bonds. The first-order chi connectivity index (χ1) is 27.7. The summed E-state index contributed by atoms with van der Waals surface area (Å²) in [6, 6.07) is 0. The minimum atomic E-state index is -0.761. The molecule has 0 aliphatic carbocycles. The Morgan fingerprint density at radius 3 is 0.860 bits per heavy atom. The molecule has 0 aromatic rings. The van der Waals surface area contributed by atoms with Crippen molar-refractivity contribution >= 4 is 17.9 Å². The van der Waals surface area contributed by atoms with E-state index < -0.39 is 6.10 Å². The monoisotopic (exact) mass is 807 g/mol. The van der Waals surface area contributed by atoms with Gasteiger partial charge in [0.05, 0.1) is 0 Å². The highest BCUT2D eigenvalue weighted by Gasteiger charge is 2.19. The molecule has 0 radical (unpaired) electrons. The zero-order valence-corrected chi connectivity index (χ0v) is 39.0. The van der Waals surface area contributed by atoms with Gasteiger partial charge in [-0.3, -0.25) is 14.4 Å². The van der Waals surface area contributed by atoms with Crippen molar-refractivity contribution in [3.63, 3.8) is 0 Å². The van der Waals surface area contributed by atoms with Crippen molar-refractivity contribution in [2.75, 3.05) is 13.2 Å². The average molecular weight is 807 g/mol. The van der Waals surface area contributed by atoms with E-state index in [0.29, 0.717) is 19.3 Å². The van der Waals surface area contributed by atoms with Crippen LogP contribution in [0.5, 0.6) is 0 Å². The van der Waals surface area contributed by atoms with E-state index in [1.807, 2.05) is 0 Å². The van der Waals surface area contributed by atoms with Crippen LogP contribution in [-0.2, 0) is 28.6 Å². The van der Waals surface area contributed by atoms with Crippen LogP contribution in [0.4, 0.5) is 0 Å². The van der Waals surface area contributed by atoms with Crippen LogP contribution in [0, 0.1) is 11.8 Å². The third-order valence-corrected chi connectivity index (χ3v) is 11.5. The summed E-state index contributed by atoms with van der Waals surface area (Å²) in [6.45, 7) is 11.3. The Hall–Kier alpha value is -1.59. The van der Waals surface area contributed by atoms with E-state index in [-0.39, 0.29) is 31.1 Å². The highest BCUT2D eigenvalue weighted by atomic mass is 16.6. The minimum absolute atomic E-state index is 0.0644. The summed E-state index contributed by atoms with van der Waals surface area (Å²) in [6.07, 6.45) is 43.8. The van der Waals surface area contributed by atoms with Crippen LogP contribution in [0.25, 0.3) is 0 Å². The predicted octanol–water partition coefficient (Wildman–Crippen LogP) is 16.1. The molecule has 0 bridgehead atoms. The zero-order chi connectivity index (χ0) is 41.9. The number of unbranched alkanes of at least 4 members (excludes halogenated alkanes) is 30. The largest absolute Gasteiger partial charge is 0.462 e. The molecule has 0 saturated heterocycles. The topological polar surface area (TPSA) is 78.9 Å². The lowest BCUT2D eigenvalue weighted by Crippen LogP contribution is -2.30. The van der Waals surface area contributed by atoms with Gasteiger partial charge in [-0.25, -0.2) is 0 Å². The standard InChI is InChI=1S/C51H98O6/c1-6-7-8-9-10-11-12-13-14-15-16-20-26-31-36-41-49(52)55-44-48(57-51(54)43-38-33-28-23-22-25-30-35-40-47(4)5)45-56-50(53)42-37-32-27-21-18-17-19-24-29-34-39-46(2)3/h46-48H,6-45H2,1-5H3/t48-/m0/s1. The van der Waals surface area contributed by atoms with Crippen LogP contribution < -0.4 is 0 Å². The van der Waals surface area contributed by atoms with Crippen LogP contribution in [0.15, 0.2) is 0 Å². The first-order valence-corrected chi connectivity index (χ1v) is 25.2. The second-order valence-electron chi connectivity index (χ2n) is 18.4. The van der Waals surface area contributed by atoms with E-state index in [4.69, 9.17) is 14.2 Å². The van der Waals surface area contributed by atoms with Gasteiger partial charge in [0.2, 0.25) is 0 Å². The molecule has 338 valence electrons. The third-order valence-electron chi connectivity index (χ3n) is 11.5. The molecule has 0 saturated carbocycles. The summed E-state index contributed by atoms with van der Waals surface area (Å²) in [5.41, 5.74) is 0. The van der Waals surface area contributed by atoms with Crippen molar-refractivity contribution < 1.29 is 28.6 Å². The molecule has 0 rings (SSSR count). The quantitative estimate of drug-likeness (QED) is 0.0346. The van der Waals surface area contributed by atoms with Crippen molar-refractivity contribution in [3.05, 3.63) is 0 Å². The first kappa shape index (κ1) is 55.4. The van der Waals surface area contributed by atoms with E-state index in [1.54, 1.807) is 0 Å². The van der Waals surface area contributed by atoms with Crippen LogP contribution >= 0.6 is 0 Å². The first-order valence-electron chi connectivity index (χ1n) is 25.2. The molecule has 1 atom stereocenters. The minimum Gasteiger partial charge on any atom is -0.462 e. The lowest BCUT2D eigenvalue weighted by atomic mass is 10.0. The fourth-order valence-electron chi connectivity index (χ4n) is 7.64. The summed E-state index contributed by atoms with van der Waals surface area (Å²) in [5, 5.41) is 0. The fraction of sp³-hybridized carbons (Fsp3) is 0.941. The van der Waals surface area contributed by atoms with E-state index >= 15 is 0 Å². The van der Waals surface area contributed by atoms with Crippen molar-refractivity contribution in [2.45, 2.75) is 285 Å². The molecule has 0 heterocycles. The molecule has 0 N–H and O–H groups in total. The molecule has 57 heavy (non-hydrogen) atoms. The second-order valence-corrected chi connectivity index (χ2v) is 18.4. The maximum Gasteiger partial charge on any atom is 0.306 e. The highest BCUT2D eigenvalue weighted by molar-refractivity contribution is 5.71. The molecule has 0 aliphatic heterocycles. The third kappa shape index (κ3) is 45.3. The number of esters is 3. The maximum atomic E-state index is 12.7. The van der Waals surface area contributed by atoms with Crippen molar-refractivity contribution in [3.8, 4) is 0 Å². The fourth-order valence-corrected chi connectivity index (χ4v) is 7.64. The SMILES string of the molecule is CCCCCCCCCCCCCCCCCC(=O)OC[C@@H](COC(=O)CCCCCCCCCCCCC(C)C)OC(=O)CCCCCCCCCCC(C)C. The molecule has 0 fully saturated rings. The van der Waals surface area contributed by atoms with Gasteiger partial charge in [-0.2, -0.15) is 0 Å². The number of carbonyl (C=O) groups excluding carboxylic acids is 3. The normalized spacial score (nSPS) is 12.1. The Labute approximate surface area is 355 Å². The van der Waals surface area contributed by atoms with Gasteiger partial charge in [-0.05, 0) is 31.1 Å². The van der Waals surface area contributed by atoms with Gasteiger partial charge in [0, 0.05) is 19.3 Å². The summed E-state index contributed by atoms with van der Waals surface area (Å²) in [5.74, 6) is 0.760. The van der Waals surface area contributed by atoms with Crippen molar-refractivity contribution in [1.82, 2.24) is 0 Å². The highest BCUT2D eigenvalue weighted by Crippen LogP contribution is 2.17. The van der Waals surface area contributed by atoms with E-state index in [0.717, 1.165) is 69.6 Å². The van der Waals surface area contributed by atoms with Crippen LogP contribution in [-0.4, -0.2) is 37.2 Å². The van der Waals surface area contributed by atoms with E-state index in [2.05, 4.69) is 34.6 Å². The summed E-state index contributed by atoms with van der Waals surface area (Å²) >= 11 is 0. The number of carbonyl (C=O) groups is 3. The number of hydrogen-bond donors (Lipinski definition) is 0. The summed E-state index contributed by atoms with van der Waals surface area (Å²) < 4.78 is 16.8. The van der Waals surface area contributed by atoms with Gasteiger partial charge >= 0.3 is 17.9 Å². The van der Waals surface area contributed by atoms with Crippen molar-refractivity contribution in [1.29, 1.82) is 0 Å². The van der Waals surface area contributed by atoms with Gasteiger partial charge in [-0.1, -0.05) is 240 Å². The summed E-state index contributed by atoms with van der Waals surface area (Å²) in [7, 11) is 0. The Balaban J connectivity index is 4.30. The van der Waals surface area contributed by atoms with Gasteiger partial charge in [0.15, 0.2) is 6.10 Å². The molecule has 0 aromatic heterocycles. The Kier molecular flexibility index (Phi) is 42.7. The van der Waals surface area contributed by atoms with Gasteiger partial charge in [-0.15, -0.1) is 0 Å². The number of ether oxygens (including phenoxy) is 3.